The van der Waals surface area contributed by atoms with Crippen LogP contribution in [0.15, 0.2) is 30.3 Å². The zero-order valence-electron chi connectivity index (χ0n) is 19.0. The van der Waals surface area contributed by atoms with Crippen molar-refractivity contribution in [3.63, 3.8) is 0 Å². The highest BCUT2D eigenvalue weighted by molar-refractivity contribution is 5.85. The Morgan fingerprint density at radius 2 is 1.67 bits per heavy atom. The third kappa shape index (κ3) is 7.42. The van der Waals surface area contributed by atoms with Gasteiger partial charge in [-0.1, -0.05) is 63.9 Å². The van der Waals surface area contributed by atoms with Gasteiger partial charge in [-0.3, -0.25) is 4.79 Å². The Labute approximate surface area is 181 Å². The molecule has 0 radical (unpaired) electrons. The van der Waals surface area contributed by atoms with Gasteiger partial charge < -0.3 is 14.7 Å². The van der Waals surface area contributed by atoms with E-state index in [9.17, 15) is 14.7 Å². The molecule has 1 aromatic rings. The first kappa shape index (κ1) is 24.4. The summed E-state index contributed by atoms with van der Waals surface area (Å²) in [5.74, 6) is 0.419. The van der Waals surface area contributed by atoms with E-state index in [0.717, 1.165) is 31.2 Å². The van der Waals surface area contributed by atoms with Crippen LogP contribution in [0.4, 0.5) is 0 Å². The molecular formula is C25H39NO4. The number of ether oxygens (including phenoxy) is 1. The van der Waals surface area contributed by atoms with E-state index in [4.69, 9.17) is 4.74 Å². The summed E-state index contributed by atoms with van der Waals surface area (Å²) < 4.78 is 5.96. The van der Waals surface area contributed by atoms with Crippen molar-refractivity contribution in [2.45, 2.75) is 77.9 Å². The quantitative estimate of drug-likeness (QED) is 0.729. The summed E-state index contributed by atoms with van der Waals surface area (Å²) >= 11 is 0. The van der Waals surface area contributed by atoms with Gasteiger partial charge in [-0.2, -0.15) is 0 Å². The smallest absolute Gasteiger partial charge is 0.329 e. The van der Waals surface area contributed by atoms with E-state index in [0.29, 0.717) is 31.1 Å². The number of hydrogen-bond acceptors (Lipinski definition) is 4. The molecule has 168 valence electrons. The van der Waals surface area contributed by atoms with Crippen molar-refractivity contribution >= 4 is 11.9 Å². The van der Waals surface area contributed by atoms with E-state index in [1.165, 1.54) is 0 Å². The second kappa shape index (κ2) is 12.1. The summed E-state index contributed by atoms with van der Waals surface area (Å²) in [5, 5.41) is 9.27. The summed E-state index contributed by atoms with van der Waals surface area (Å²) in [6.45, 7) is 6.47. The van der Waals surface area contributed by atoms with Crippen LogP contribution in [0, 0.1) is 17.8 Å². The van der Waals surface area contributed by atoms with Crippen LogP contribution >= 0.6 is 0 Å². The van der Waals surface area contributed by atoms with Gasteiger partial charge in [0.2, 0.25) is 5.91 Å². The Balaban J connectivity index is 2.30. The first-order valence-electron chi connectivity index (χ1n) is 11.4. The van der Waals surface area contributed by atoms with E-state index in [1.54, 1.807) is 11.9 Å². The predicted octanol–water partition coefficient (Wildman–Crippen LogP) is 4.22. The molecule has 1 heterocycles. The van der Waals surface area contributed by atoms with Crippen molar-refractivity contribution in [2.75, 3.05) is 13.7 Å². The summed E-state index contributed by atoms with van der Waals surface area (Å²) in [6.07, 6.45) is 5.21. The highest BCUT2D eigenvalue weighted by Gasteiger charge is 2.33. The molecule has 1 aliphatic heterocycles. The summed E-state index contributed by atoms with van der Waals surface area (Å²) in [5.41, 5.74) is 1.00. The van der Waals surface area contributed by atoms with Gasteiger partial charge in [0.05, 0.1) is 0 Å². The average Bonchev–Trinajstić information content (AvgIpc) is 2.73. The molecule has 0 bridgehead atoms. The highest BCUT2D eigenvalue weighted by Crippen LogP contribution is 2.26. The highest BCUT2D eigenvalue weighted by atomic mass is 16.5. The molecule has 1 N–H and O–H groups in total. The lowest BCUT2D eigenvalue weighted by atomic mass is 9.88. The third-order valence-electron chi connectivity index (χ3n) is 6.32. The molecule has 5 atom stereocenters. The van der Waals surface area contributed by atoms with Crippen molar-refractivity contribution in [3.05, 3.63) is 35.9 Å². The maximum absolute atomic E-state index is 13.2. The number of rotatable bonds is 5. The Morgan fingerprint density at radius 3 is 2.30 bits per heavy atom. The van der Waals surface area contributed by atoms with Crippen molar-refractivity contribution in [2.24, 2.45) is 17.8 Å². The maximum atomic E-state index is 13.2. The van der Waals surface area contributed by atoms with Crippen LogP contribution in [0.5, 0.6) is 0 Å². The standard InChI is InChI=1S/C25H39NO4/c1-18-12-13-19(2)16-22(11-8-14-27)30-25(29)23(17-21-9-6-5-7-10-21)26(4)24(28)20(3)15-18/h5-7,9-10,18-20,22-23,27H,8,11-17H2,1-4H3/t18-,19-,20-,22-,23+/m1/s1. The largest absolute Gasteiger partial charge is 0.461 e. The van der Waals surface area contributed by atoms with Crippen molar-refractivity contribution < 1.29 is 19.4 Å². The van der Waals surface area contributed by atoms with E-state index in [2.05, 4.69) is 13.8 Å². The van der Waals surface area contributed by atoms with Gasteiger partial charge in [0.1, 0.15) is 12.1 Å². The van der Waals surface area contributed by atoms with Crippen molar-refractivity contribution in [1.29, 1.82) is 0 Å². The maximum Gasteiger partial charge on any atom is 0.329 e. The Kier molecular flexibility index (Phi) is 9.83. The zero-order chi connectivity index (χ0) is 22.1. The van der Waals surface area contributed by atoms with Gasteiger partial charge in [0.25, 0.3) is 0 Å². The molecule has 30 heavy (non-hydrogen) atoms. The first-order valence-corrected chi connectivity index (χ1v) is 11.4. The molecule has 0 saturated carbocycles. The minimum Gasteiger partial charge on any atom is -0.461 e. The molecule has 5 nitrogen and oxygen atoms in total. The van der Waals surface area contributed by atoms with Crippen LogP contribution in [-0.4, -0.2) is 47.7 Å². The zero-order valence-corrected chi connectivity index (χ0v) is 19.0. The normalized spacial score (nSPS) is 29.5. The van der Waals surface area contributed by atoms with Gasteiger partial charge in [-0.15, -0.1) is 0 Å². The van der Waals surface area contributed by atoms with Crippen molar-refractivity contribution in [3.8, 4) is 0 Å². The van der Waals surface area contributed by atoms with Crippen LogP contribution in [0.2, 0.25) is 0 Å². The lowest BCUT2D eigenvalue weighted by Gasteiger charge is -2.31. The third-order valence-corrected chi connectivity index (χ3v) is 6.32. The molecular weight excluding hydrogens is 378 g/mol. The van der Waals surface area contributed by atoms with E-state index in [-0.39, 0.29) is 30.5 Å². The lowest BCUT2D eigenvalue weighted by molar-refractivity contribution is -0.160. The summed E-state index contributed by atoms with van der Waals surface area (Å²) in [7, 11) is 1.73. The van der Waals surface area contributed by atoms with Crippen LogP contribution in [0.3, 0.4) is 0 Å². The Bertz CT molecular complexity index is 662. The summed E-state index contributed by atoms with van der Waals surface area (Å²) in [6, 6.07) is 9.13. The number of carbonyl (C=O) groups excluding carboxylic acids is 2. The van der Waals surface area contributed by atoms with E-state index in [1.807, 2.05) is 37.3 Å². The van der Waals surface area contributed by atoms with Gasteiger partial charge >= 0.3 is 5.97 Å². The Hall–Kier alpha value is -1.88. The minimum atomic E-state index is -0.648. The molecule has 1 aromatic carbocycles. The monoisotopic (exact) mass is 417 g/mol. The van der Waals surface area contributed by atoms with Crippen LogP contribution < -0.4 is 0 Å². The number of aliphatic hydroxyl groups is 1. The van der Waals surface area contributed by atoms with Gasteiger partial charge in [0, 0.05) is 26.0 Å². The van der Waals surface area contributed by atoms with Crippen LogP contribution in [0.25, 0.3) is 0 Å². The molecule has 0 aromatic heterocycles. The SMILES string of the molecule is C[C@@H]1CC[C@@H](C)C[C@@H](C)C(=O)N(C)[C@@H](Cc2ccccc2)C(=O)O[C@H](CCCO)C1. The molecule has 0 aliphatic carbocycles. The lowest BCUT2D eigenvalue weighted by Crippen LogP contribution is -2.47. The predicted molar refractivity (Wildman–Crippen MR) is 119 cm³/mol. The Morgan fingerprint density at radius 1 is 1.03 bits per heavy atom. The molecule has 2 rings (SSSR count). The summed E-state index contributed by atoms with van der Waals surface area (Å²) in [4.78, 5) is 28.0. The number of benzene rings is 1. The van der Waals surface area contributed by atoms with Crippen molar-refractivity contribution in [1.82, 2.24) is 4.90 Å². The number of likely N-dealkylation sites (N-methyl/N-ethyl adjacent to an activating group) is 1. The topological polar surface area (TPSA) is 66.8 Å². The average molecular weight is 418 g/mol. The number of nitrogens with zero attached hydrogens (tertiary/aromatic N) is 1. The van der Waals surface area contributed by atoms with Gasteiger partial charge in [-0.05, 0) is 43.1 Å². The molecule has 1 fully saturated rings. The van der Waals surface area contributed by atoms with Crippen LogP contribution in [0.1, 0.15) is 64.9 Å². The number of carbonyl (C=O) groups is 2. The second-order valence-corrected chi connectivity index (χ2v) is 9.24. The molecule has 1 saturated heterocycles. The number of cyclic esters (lactones) is 1. The molecule has 1 aliphatic rings. The molecule has 1 amide bonds. The molecule has 0 spiro atoms. The first-order chi connectivity index (χ1) is 14.3. The van der Waals surface area contributed by atoms with E-state index >= 15 is 0 Å². The molecule has 5 heteroatoms. The van der Waals surface area contributed by atoms with Crippen LogP contribution in [-0.2, 0) is 20.7 Å². The van der Waals surface area contributed by atoms with Gasteiger partial charge in [0.15, 0.2) is 0 Å². The minimum absolute atomic E-state index is 0.000986. The number of hydrogen-bond donors (Lipinski definition) is 1. The second-order valence-electron chi connectivity index (χ2n) is 9.24. The molecule has 0 unspecified atom stereocenters. The fourth-order valence-electron chi connectivity index (χ4n) is 4.46. The fourth-order valence-corrected chi connectivity index (χ4v) is 4.46. The number of esters is 1. The number of amides is 1. The number of aliphatic hydroxyl groups excluding tert-OH is 1. The van der Waals surface area contributed by atoms with E-state index < -0.39 is 6.04 Å². The fraction of sp³-hybridized carbons (Fsp3) is 0.680. The van der Waals surface area contributed by atoms with Gasteiger partial charge in [-0.25, -0.2) is 4.79 Å².